The van der Waals surface area contributed by atoms with Crippen molar-refractivity contribution >= 4 is 23.3 Å². The maximum absolute atomic E-state index is 12.7. The number of carboxylic acids is 1. The number of carboxylic acid groups (broad SMARTS) is 1. The number of benzene rings is 2. The number of aromatic carboxylic acids is 1. The zero-order valence-corrected chi connectivity index (χ0v) is 15.1. The number of piperidine rings is 1. The van der Waals surface area contributed by atoms with Crippen LogP contribution in [-0.4, -0.2) is 48.1 Å². The Hall–Kier alpha value is -3.02. The summed E-state index contributed by atoms with van der Waals surface area (Å²) in [7, 11) is 0. The smallest absolute Gasteiger partial charge is 0.335 e. The highest BCUT2D eigenvalue weighted by atomic mass is 16.5. The average molecular weight is 366 g/mol. The van der Waals surface area contributed by atoms with Gasteiger partial charge in [-0.25, -0.2) is 4.79 Å². The maximum atomic E-state index is 12.7. The summed E-state index contributed by atoms with van der Waals surface area (Å²) in [5, 5.41) is 9.06. The van der Waals surface area contributed by atoms with Crippen LogP contribution in [0, 0.1) is 0 Å². The second-order valence-corrected chi connectivity index (χ2v) is 6.89. The van der Waals surface area contributed by atoms with E-state index in [-0.39, 0.29) is 11.5 Å². The molecule has 1 N–H and O–H groups in total. The van der Waals surface area contributed by atoms with Crippen LogP contribution < -0.4 is 9.64 Å². The van der Waals surface area contributed by atoms with Crippen molar-refractivity contribution in [3.8, 4) is 5.75 Å². The Morgan fingerprint density at radius 3 is 2.30 bits per heavy atom. The van der Waals surface area contributed by atoms with E-state index in [1.54, 1.807) is 24.3 Å². The summed E-state index contributed by atoms with van der Waals surface area (Å²) < 4.78 is 5.81. The van der Waals surface area contributed by atoms with Crippen LogP contribution in [0.5, 0.6) is 5.75 Å². The molecule has 27 heavy (non-hydrogen) atoms. The van der Waals surface area contributed by atoms with Crippen LogP contribution in [0.15, 0.2) is 42.5 Å². The molecule has 4 rings (SSSR count). The molecule has 6 heteroatoms. The van der Waals surface area contributed by atoms with Crippen LogP contribution in [0.1, 0.15) is 40.0 Å². The normalized spacial score (nSPS) is 16.4. The quantitative estimate of drug-likeness (QED) is 0.900. The lowest BCUT2D eigenvalue weighted by molar-refractivity contribution is 0.0694. The second-order valence-electron chi connectivity index (χ2n) is 6.89. The lowest BCUT2D eigenvalue weighted by Gasteiger charge is -2.32. The molecular weight excluding hydrogens is 344 g/mol. The number of ether oxygens (including phenoxy) is 1. The van der Waals surface area contributed by atoms with Crippen molar-refractivity contribution in [2.24, 2.45) is 0 Å². The Morgan fingerprint density at radius 2 is 1.59 bits per heavy atom. The van der Waals surface area contributed by atoms with Crippen molar-refractivity contribution < 1.29 is 19.4 Å². The Balaban J connectivity index is 1.59. The minimum Gasteiger partial charge on any atom is -0.490 e. The van der Waals surface area contributed by atoms with Crippen molar-refractivity contribution in [3.63, 3.8) is 0 Å². The number of fused-ring (bicyclic) bond motifs is 1. The molecular formula is C21H22N2O4. The zero-order chi connectivity index (χ0) is 18.8. The Kier molecular flexibility index (Phi) is 4.71. The first kappa shape index (κ1) is 17.4. The van der Waals surface area contributed by atoms with E-state index in [0.717, 1.165) is 37.3 Å². The lowest BCUT2D eigenvalue weighted by Crippen LogP contribution is -2.35. The van der Waals surface area contributed by atoms with Crippen molar-refractivity contribution in [2.75, 3.05) is 31.1 Å². The number of hydrogen-bond donors (Lipinski definition) is 1. The average Bonchev–Trinajstić information content (AvgIpc) is 2.73. The number of amides is 1. The third-order valence-electron chi connectivity index (χ3n) is 5.14. The topological polar surface area (TPSA) is 70.1 Å². The van der Waals surface area contributed by atoms with Crippen LogP contribution >= 0.6 is 0 Å². The highest BCUT2D eigenvalue weighted by Gasteiger charge is 2.24. The fraction of sp³-hybridized carbons (Fsp3) is 0.333. The summed E-state index contributed by atoms with van der Waals surface area (Å²) in [5.41, 5.74) is 2.70. The largest absolute Gasteiger partial charge is 0.490 e. The van der Waals surface area contributed by atoms with Crippen molar-refractivity contribution in [1.29, 1.82) is 0 Å². The maximum Gasteiger partial charge on any atom is 0.335 e. The summed E-state index contributed by atoms with van der Waals surface area (Å²) in [6.45, 7) is 2.81. The summed E-state index contributed by atoms with van der Waals surface area (Å²) in [6, 6.07) is 12.4. The van der Waals surface area contributed by atoms with Crippen molar-refractivity contribution in [1.82, 2.24) is 4.90 Å². The number of nitrogens with zero attached hydrogens (tertiary/aromatic N) is 2. The number of carbonyl (C=O) groups excluding carboxylic acids is 1. The van der Waals surface area contributed by atoms with Gasteiger partial charge in [0.15, 0.2) is 0 Å². The van der Waals surface area contributed by atoms with E-state index in [1.807, 2.05) is 23.1 Å². The highest BCUT2D eigenvalue weighted by molar-refractivity contribution is 5.95. The van der Waals surface area contributed by atoms with Gasteiger partial charge < -0.3 is 19.6 Å². The fourth-order valence-corrected chi connectivity index (χ4v) is 3.68. The molecule has 0 atom stereocenters. The van der Waals surface area contributed by atoms with Gasteiger partial charge >= 0.3 is 5.97 Å². The number of likely N-dealkylation sites (tertiary alicyclic amines) is 1. The van der Waals surface area contributed by atoms with Crippen LogP contribution in [0.2, 0.25) is 0 Å². The molecule has 0 spiro atoms. The van der Waals surface area contributed by atoms with Gasteiger partial charge in [0.1, 0.15) is 12.4 Å². The zero-order valence-electron chi connectivity index (χ0n) is 15.1. The Labute approximate surface area is 158 Å². The summed E-state index contributed by atoms with van der Waals surface area (Å²) in [6.07, 6.45) is 3.31. The van der Waals surface area contributed by atoms with E-state index < -0.39 is 5.97 Å². The molecule has 0 aliphatic carbocycles. The molecule has 0 saturated carbocycles. The molecule has 0 bridgehead atoms. The molecule has 2 aliphatic heterocycles. The Bertz CT molecular complexity index is 857. The minimum absolute atomic E-state index is 0.0593. The third-order valence-corrected chi connectivity index (χ3v) is 5.14. The van der Waals surface area contributed by atoms with Crippen molar-refractivity contribution in [3.05, 3.63) is 53.6 Å². The van der Waals surface area contributed by atoms with Gasteiger partial charge in [-0.1, -0.05) is 0 Å². The van der Waals surface area contributed by atoms with E-state index in [9.17, 15) is 9.59 Å². The molecule has 2 heterocycles. The van der Waals surface area contributed by atoms with E-state index in [0.29, 0.717) is 24.5 Å². The first-order valence-electron chi connectivity index (χ1n) is 9.30. The van der Waals surface area contributed by atoms with Crippen LogP contribution in [0.25, 0.3) is 0 Å². The van der Waals surface area contributed by atoms with Gasteiger partial charge in [0.2, 0.25) is 0 Å². The van der Waals surface area contributed by atoms with Gasteiger partial charge in [-0.2, -0.15) is 0 Å². The van der Waals surface area contributed by atoms with E-state index >= 15 is 0 Å². The summed E-state index contributed by atoms with van der Waals surface area (Å²) in [4.78, 5) is 27.8. The van der Waals surface area contributed by atoms with Gasteiger partial charge in [0.25, 0.3) is 5.91 Å². The Morgan fingerprint density at radius 1 is 0.889 bits per heavy atom. The van der Waals surface area contributed by atoms with Crippen LogP contribution in [-0.2, 0) is 0 Å². The van der Waals surface area contributed by atoms with Gasteiger partial charge in [0.05, 0.1) is 17.8 Å². The summed E-state index contributed by atoms with van der Waals surface area (Å²) in [5.74, 6) is -0.194. The second kappa shape index (κ2) is 7.31. The molecule has 2 aromatic rings. The SMILES string of the molecule is O=C(O)c1ccc(N2CCOc3cc(C(=O)N4CCCCC4)ccc32)cc1. The molecule has 1 fully saturated rings. The van der Waals surface area contributed by atoms with Gasteiger partial charge in [-0.3, -0.25) is 4.79 Å². The van der Waals surface area contributed by atoms with E-state index in [4.69, 9.17) is 9.84 Å². The molecule has 0 radical (unpaired) electrons. The highest BCUT2D eigenvalue weighted by Crippen LogP contribution is 2.37. The number of hydrogen-bond acceptors (Lipinski definition) is 4. The van der Waals surface area contributed by atoms with Crippen molar-refractivity contribution in [2.45, 2.75) is 19.3 Å². The molecule has 6 nitrogen and oxygen atoms in total. The number of rotatable bonds is 3. The number of carbonyl (C=O) groups is 2. The summed E-state index contributed by atoms with van der Waals surface area (Å²) >= 11 is 0. The third kappa shape index (κ3) is 3.47. The molecule has 1 saturated heterocycles. The molecule has 1 amide bonds. The van der Waals surface area contributed by atoms with E-state index in [2.05, 4.69) is 4.90 Å². The first-order chi connectivity index (χ1) is 13.1. The number of anilines is 2. The molecule has 140 valence electrons. The standard InChI is InChI=1S/C21H22N2O4/c24-20(22-10-2-1-3-11-22)16-6-9-18-19(14-16)27-13-12-23(18)17-7-4-15(5-8-17)21(25)26/h4-9,14H,1-3,10-13H2,(H,25,26). The predicted molar refractivity (Wildman–Crippen MR) is 102 cm³/mol. The van der Waals surface area contributed by atoms with Gasteiger partial charge in [0, 0.05) is 24.3 Å². The molecule has 0 aromatic heterocycles. The van der Waals surface area contributed by atoms with Gasteiger partial charge in [-0.05, 0) is 61.7 Å². The molecule has 2 aromatic carbocycles. The molecule has 0 unspecified atom stereocenters. The van der Waals surface area contributed by atoms with Crippen LogP contribution in [0.3, 0.4) is 0 Å². The first-order valence-corrected chi connectivity index (χ1v) is 9.30. The van der Waals surface area contributed by atoms with E-state index in [1.165, 1.54) is 6.42 Å². The van der Waals surface area contributed by atoms with Gasteiger partial charge in [-0.15, -0.1) is 0 Å². The van der Waals surface area contributed by atoms with Crippen LogP contribution in [0.4, 0.5) is 11.4 Å². The lowest BCUT2D eigenvalue weighted by atomic mass is 10.1. The predicted octanol–water partition coefficient (Wildman–Crippen LogP) is 3.54. The minimum atomic E-state index is -0.940. The monoisotopic (exact) mass is 366 g/mol. The fourth-order valence-electron chi connectivity index (χ4n) is 3.68. The molecule has 2 aliphatic rings.